The van der Waals surface area contributed by atoms with Crippen molar-refractivity contribution in [1.82, 2.24) is 19.6 Å². The Bertz CT molecular complexity index is 1910. The van der Waals surface area contributed by atoms with Gasteiger partial charge in [0, 0.05) is 39.3 Å². The molecule has 0 radical (unpaired) electrons. The van der Waals surface area contributed by atoms with E-state index < -0.39 is 0 Å². The van der Waals surface area contributed by atoms with E-state index in [1.807, 2.05) is 9.80 Å². The summed E-state index contributed by atoms with van der Waals surface area (Å²) in [6, 6.07) is 38.9. The van der Waals surface area contributed by atoms with Crippen LogP contribution >= 0.6 is 0 Å². The summed E-state index contributed by atoms with van der Waals surface area (Å²) in [5.74, 6) is 0.306. The van der Waals surface area contributed by atoms with Crippen LogP contribution in [0, 0.1) is 0 Å². The van der Waals surface area contributed by atoms with Gasteiger partial charge in [-0.25, -0.2) is 0 Å². The number of hydrogen-bond donors (Lipinski definition) is 0. The second-order valence-electron chi connectivity index (χ2n) is 14.5. The number of carbonyl (C=O) groups excluding carboxylic acids is 2. The molecule has 7 rings (SSSR count). The molecule has 268 valence electrons. The van der Waals surface area contributed by atoms with Crippen LogP contribution in [0.1, 0.15) is 50.7 Å². The first-order valence-corrected chi connectivity index (χ1v) is 19.3. The van der Waals surface area contributed by atoms with Crippen LogP contribution in [0.4, 0.5) is 0 Å². The highest BCUT2D eigenvalue weighted by Gasteiger charge is 2.27. The van der Waals surface area contributed by atoms with Gasteiger partial charge in [-0.15, -0.1) is 0 Å². The summed E-state index contributed by atoms with van der Waals surface area (Å²) in [5, 5.41) is 9.95. The molecule has 6 aromatic rings. The summed E-state index contributed by atoms with van der Waals surface area (Å²) < 4.78 is 0. The van der Waals surface area contributed by atoms with Crippen molar-refractivity contribution in [3.05, 3.63) is 120 Å². The topological polar surface area (TPSA) is 47.1 Å². The van der Waals surface area contributed by atoms with E-state index in [1.165, 1.54) is 54.2 Å². The van der Waals surface area contributed by atoms with Crippen LogP contribution in [-0.2, 0) is 22.7 Å². The van der Waals surface area contributed by atoms with E-state index in [0.29, 0.717) is 39.3 Å². The van der Waals surface area contributed by atoms with E-state index in [2.05, 4.69) is 133 Å². The Morgan fingerprint density at radius 2 is 0.808 bits per heavy atom. The first kappa shape index (κ1) is 35.6. The molecule has 1 aliphatic heterocycles. The second-order valence-corrected chi connectivity index (χ2v) is 14.5. The number of unbranched alkanes of at least 4 members (excludes halogenated alkanes) is 2. The number of benzene rings is 6. The Morgan fingerprint density at radius 3 is 1.12 bits per heavy atom. The minimum absolute atomic E-state index is 0.153. The van der Waals surface area contributed by atoms with Crippen molar-refractivity contribution in [1.29, 1.82) is 0 Å². The normalized spacial score (nSPS) is 13.7. The number of amides is 2. The van der Waals surface area contributed by atoms with Gasteiger partial charge < -0.3 is 9.80 Å². The predicted molar refractivity (Wildman–Crippen MR) is 216 cm³/mol. The average molecular weight is 693 g/mol. The van der Waals surface area contributed by atoms with Crippen LogP contribution in [-0.4, -0.2) is 83.8 Å². The maximum atomic E-state index is 13.9. The molecule has 0 atom stereocenters. The maximum absolute atomic E-state index is 13.9. The van der Waals surface area contributed by atoms with Crippen molar-refractivity contribution in [2.75, 3.05) is 52.4 Å². The molecule has 1 aliphatic rings. The third kappa shape index (κ3) is 7.99. The lowest BCUT2D eigenvalue weighted by Gasteiger charge is -2.37. The van der Waals surface area contributed by atoms with Gasteiger partial charge in [0.25, 0.3) is 0 Å². The van der Waals surface area contributed by atoms with Gasteiger partial charge in [-0.1, -0.05) is 124 Å². The average Bonchev–Trinajstić information content (AvgIpc) is 3.18. The van der Waals surface area contributed by atoms with Crippen LogP contribution in [0.3, 0.4) is 0 Å². The first-order chi connectivity index (χ1) is 25.5. The van der Waals surface area contributed by atoms with E-state index >= 15 is 0 Å². The van der Waals surface area contributed by atoms with Gasteiger partial charge in [0.2, 0.25) is 11.8 Å². The monoisotopic (exact) mass is 692 g/mol. The lowest BCUT2D eigenvalue weighted by Crippen LogP contribution is -2.54. The zero-order valence-electron chi connectivity index (χ0n) is 30.9. The molecule has 6 aromatic carbocycles. The van der Waals surface area contributed by atoms with Crippen molar-refractivity contribution in [2.45, 2.75) is 52.6 Å². The fourth-order valence-electron chi connectivity index (χ4n) is 7.98. The number of hydrogen-bond acceptors (Lipinski definition) is 4. The smallest absolute Gasteiger partial charge is 0.236 e. The molecule has 1 heterocycles. The lowest BCUT2D eigenvalue weighted by atomic mass is 9.96. The van der Waals surface area contributed by atoms with Gasteiger partial charge in [-0.05, 0) is 92.3 Å². The van der Waals surface area contributed by atoms with Crippen molar-refractivity contribution in [3.8, 4) is 0 Å². The Morgan fingerprint density at radius 1 is 0.500 bits per heavy atom. The lowest BCUT2D eigenvalue weighted by molar-refractivity contribution is -0.141. The fraction of sp³-hybridized carbons (Fsp3) is 0.348. The van der Waals surface area contributed by atoms with E-state index in [1.54, 1.807) is 0 Å². The fourth-order valence-corrected chi connectivity index (χ4v) is 7.98. The Labute approximate surface area is 308 Å². The molecule has 0 saturated carbocycles. The van der Waals surface area contributed by atoms with Gasteiger partial charge >= 0.3 is 0 Å². The van der Waals surface area contributed by atoms with Crippen LogP contribution in [0.5, 0.6) is 0 Å². The third-order valence-electron chi connectivity index (χ3n) is 10.9. The van der Waals surface area contributed by atoms with Gasteiger partial charge in [0.1, 0.15) is 0 Å². The molecule has 6 nitrogen and oxygen atoms in total. The SMILES string of the molecule is CCCCN(CC(=O)N1CCN(C(=O)CN(CCCC)Cc2c3ccccc3cc3ccccc23)CC1)Cc1c2ccccc2cc2ccccc12. The summed E-state index contributed by atoms with van der Waals surface area (Å²) in [6.07, 6.45) is 4.24. The first-order valence-electron chi connectivity index (χ1n) is 19.3. The third-order valence-corrected chi connectivity index (χ3v) is 10.9. The van der Waals surface area contributed by atoms with Gasteiger partial charge in [0.15, 0.2) is 0 Å². The van der Waals surface area contributed by atoms with Crippen LogP contribution in [0.2, 0.25) is 0 Å². The minimum Gasteiger partial charge on any atom is -0.338 e. The zero-order valence-corrected chi connectivity index (χ0v) is 30.9. The molecular formula is C46H52N4O2. The van der Waals surface area contributed by atoms with E-state index in [-0.39, 0.29) is 11.8 Å². The number of rotatable bonds is 14. The van der Waals surface area contributed by atoms with E-state index in [4.69, 9.17) is 0 Å². The molecule has 6 heteroatoms. The van der Waals surface area contributed by atoms with Crippen LogP contribution in [0.15, 0.2) is 109 Å². The molecule has 0 aromatic heterocycles. The second kappa shape index (κ2) is 16.7. The van der Waals surface area contributed by atoms with Gasteiger partial charge in [0.05, 0.1) is 13.1 Å². The molecule has 1 fully saturated rings. The number of nitrogens with zero attached hydrogens (tertiary/aromatic N) is 4. The molecular weight excluding hydrogens is 641 g/mol. The van der Waals surface area contributed by atoms with Crippen molar-refractivity contribution in [3.63, 3.8) is 0 Å². The van der Waals surface area contributed by atoms with Crippen molar-refractivity contribution >= 4 is 54.9 Å². The molecule has 0 unspecified atom stereocenters. The molecule has 0 spiro atoms. The standard InChI is InChI=1S/C46H52N4O2/c1-3-5-23-47(31-43-39-19-11-7-15-35(39)29-36-16-8-12-20-40(36)43)33-45(51)49-25-27-50(28-26-49)46(52)34-48(24-6-4-2)32-44-41-21-13-9-17-37(41)30-38-18-10-14-22-42(38)44/h7-22,29-30H,3-6,23-28,31-34H2,1-2H3. The zero-order chi connectivity index (χ0) is 35.9. The number of carbonyl (C=O) groups is 2. The quantitative estimate of drug-likeness (QED) is 0.107. The van der Waals surface area contributed by atoms with Gasteiger partial charge in [-0.2, -0.15) is 0 Å². The maximum Gasteiger partial charge on any atom is 0.236 e. The summed E-state index contributed by atoms with van der Waals surface area (Å²) in [6.45, 7) is 10.7. The predicted octanol–water partition coefficient (Wildman–Crippen LogP) is 8.87. The summed E-state index contributed by atoms with van der Waals surface area (Å²) in [5.41, 5.74) is 2.58. The highest BCUT2D eigenvalue weighted by Crippen LogP contribution is 2.31. The number of fused-ring (bicyclic) bond motifs is 4. The van der Waals surface area contributed by atoms with Crippen LogP contribution < -0.4 is 0 Å². The Hall–Kier alpha value is -4.78. The van der Waals surface area contributed by atoms with E-state index in [0.717, 1.165) is 51.9 Å². The highest BCUT2D eigenvalue weighted by molar-refractivity contribution is 6.03. The molecule has 1 saturated heterocycles. The number of piperazine rings is 1. The summed E-state index contributed by atoms with van der Waals surface area (Å²) in [4.78, 5) is 36.3. The summed E-state index contributed by atoms with van der Waals surface area (Å²) >= 11 is 0. The minimum atomic E-state index is 0.153. The molecule has 52 heavy (non-hydrogen) atoms. The molecule has 0 N–H and O–H groups in total. The van der Waals surface area contributed by atoms with Crippen molar-refractivity contribution in [2.24, 2.45) is 0 Å². The largest absolute Gasteiger partial charge is 0.338 e. The van der Waals surface area contributed by atoms with E-state index in [9.17, 15) is 9.59 Å². The van der Waals surface area contributed by atoms with Crippen molar-refractivity contribution < 1.29 is 9.59 Å². The Kier molecular flexibility index (Phi) is 11.4. The molecule has 0 bridgehead atoms. The molecule has 0 aliphatic carbocycles. The van der Waals surface area contributed by atoms with Crippen LogP contribution in [0.25, 0.3) is 43.1 Å². The highest BCUT2D eigenvalue weighted by atomic mass is 16.2. The molecule has 2 amide bonds. The Balaban J connectivity index is 1.01. The summed E-state index contributed by atoms with van der Waals surface area (Å²) in [7, 11) is 0. The van der Waals surface area contributed by atoms with Gasteiger partial charge in [-0.3, -0.25) is 19.4 Å².